The van der Waals surface area contributed by atoms with E-state index in [0.717, 1.165) is 12.0 Å². The summed E-state index contributed by atoms with van der Waals surface area (Å²) in [4.78, 5) is 0. The Morgan fingerprint density at radius 3 is 2.00 bits per heavy atom. The van der Waals surface area contributed by atoms with Crippen LogP contribution < -0.4 is 0 Å². The molecule has 0 aromatic carbocycles. The third kappa shape index (κ3) is 12.1. The normalized spacial score (nSPS) is 11.2. The molecule has 1 heteroatoms. The van der Waals surface area contributed by atoms with E-state index in [1.807, 2.05) is 32.1 Å². The lowest BCUT2D eigenvalue weighted by atomic mass is 10.2. The summed E-state index contributed by atoms with van der Waals surface area (Å²) in [6.07, 6.45) is 8.02. The lowest BCUT2D eigenvalue weighted by molar-refractivity contribution is 0.328. The maximum absolute atomic E-state index is 8.65. The fraction of sp³-hybridized carbons (Fsp3) is 0.636. The average Bonchev–Trinajstić information content (AvgIpc) is 2.08. The van der Waals surface area contributed by atoms with Gasteiger partial charge in [-0.1, -0.05) is 45.4 Å². The van der Waals surface area contributed by atoms with E-state index in [0.29, 0.717) is 0 Å². The minimum absolute atomic E-state index is 0.181. The van der Waals surface area contributed by atoms with Gasteiger partial charge >= 0.3 is 0 Å². The molecule has 0 atom stereocenters. The zero-order valence-corrected chi connectivity index (χ0v) is 8.80. The standard InChI is InChI=1S/C8H14O.C3H8/c1-3-5-6-8(4-2)7-9;1-3-2/h3,5-6,9H,4,7H2,1-2H3;3H2,1-2H3/b5-3-,8-6-;. The van der Waals surface area contributed by atoms with Gasteiger partial charge in [-0.2, -0.15) is 0 Å². The van der Waals surface area contributed by atoms with E-state index < -0.39 is 0 Å². The van der Waals surface area contributed by atoms with Crippen LogP contribution in [0.25, 0.3) is 0 Å². The molecular formula is C11H22O. The van der Waals surface area contributed by atoms with Gasteiger partial charge in [0.1, 0.15) is 0 Å². The van der Waals surface area contributed by atoms with E-state index >= 15 is 0 Å². The molecule has 0 amide bonds. The number of rotatable bonds is 3. The summed E-state index contributed by atoms with van der Waals surface area (Å²) in [7, 11) is 0. The van der Waals surface area contributed by atoms with Crippen molar-refractivity contribution in [1.82, 2.24) is 0 Å². The summed E-state index contributed by atoms with van der Waals surface area (Å²) in [5.41, 5.74) is 1.08. The van der Waals surface area contributed by atoms with Crippen molar-refractivity contribution >= 4 is 0 Å². The number of hydrogen-bond acceptors (Lipinski definition) is 1. The van der Waals surface area contributed by atoms with E-state index in [1.165, 1.54) is 6.42 Å². The van der Waals surface area contributed by atoms with E-state index in [2.05, 4.69) is 13.8 Å². The topological polar surface area (TPSA) is 20.2 Å². The van der Waals surface area contributed by atoms with E-state index in [4.69, 9.17) is 5.11 Å². The second-order valence-corrected chi connectivity index (χ2v) is 2.57. The Labute approximate surface area is 76.8 Å². The van der Waals surface area contributed by atoms with Gasteiger partial charge in [-0.25, -0.2) is 0 Å². The molecule has 72 valence electrons. The quantitative estimate of drug-likeness (QED) is 0.644. The van der Waals surface area contributed by atoms with Crippen LogP contribution in [0, 0.1) is 0 Å². The Kier molecular flexibility index (Phi) is 15.2. The first-order chi connectivity index (χ1) is 5.76. The smallest absolute Gasteiger partial charge is 0.0644 e. The van der Waals surface area contributed by atoms with Crippen LogP contribution in [0.15, 0.2) is 23.8 Å². The molecule has 0 spiro atoms. The highest BCUT2D eigenvalue weighted by Crippen LogP contribution is 1.97. The molecule has 0 saturated carbocycles. The molecule has 0 radical (unpaired) electrons. The van der Waals surface area contributed by atoms with Crippen LogP contribution in [-0.4, -0.2) is 11.7 Å². The van der Waals surface area contributed by atoms with Crippen molar-refractivity contribution in [3.63, 3.8) is 0 Å². The summed E-state index contributed by atoms with van der Waals surface area (Å²) < 4.78 is 0. The highest BCUT2D eigenvalue weighted by atomic mass is 16.3. The lowest BCUT2D eigenvalue weighted by Crippen LogP contribution is -1.85. The predicted molar refractivity (Wildman–Crippen MR) is 56.2 cm³/mol. The summed E-state index contributed by atoms with van der Waals surface area (Å²) >= 11 is 0. The van der Waals surface area contributed by atoms with Gasteiger partial charge in [0.05, 0.1) is 6.61 Å². The SMILES string of the molecule is C/C=C\C=C(\CC)CO.CCC. The zero-order valence-electron chi connectivity index (χ0n) is 8.80. The molecule has 0 aromatic rings. The van der Waals surface area contributed by atoms with Crippen LogP contribution in [-0.2, 0) is 0 Å². The third-order valence-corrected chi connectivity index (χ3v) is 1.18. The Morgan fingerprint density at radius 2 is 1.75 bits per heavy atom. The Balaban J connectivity index is 0. The molecule has 0 aliphatic rings. The maximum Gasteiger partial charge on any atom is 0.0644 e. The van der Waals surface area contributed by atoms with Crippen LogP contribution in [0.5, 0.6) is 0 Å². The summed E-state index contributed by atoms with van der Waals surface area (Å²) in [6, 6.07) is 0. The van der Waals surface area contributed by atoms with Gasteiger partial charge in [-0.15, -0.1) is 0 Å². The van der Waals surface area contributed by atoms with Crippen LogP contribution in [0.4, 0.5) is 0 Å². The van der Waals surface area contributed by atoms with E-state index in [9.17, 15) is 0 Å². The molecule has 0 fully saturated rings. The molecule has 1 nitrogen and oxygen atoms in total. The molecule has 0 bridgehead atoms. The van der Waals surface area contributed by atoms with Crippen molar-refractivity contribution in [1.29, 1.82) is 0 Å². The molecule has 1 N–H and O–H groups in total. The van der Waals surface area contributed by atoms with Crippen LogP contribution >= 0.6 is 0 Å². The van der Waals surface area contributed by atoms with Gasteiger partial charge in [0.25, 0.3) is 0 Å². The summed E-state index contributed by atoms with van der Waals surface area (Å²) in [5, 5.41) is 8.65. The van der Waals surface area contributed by atoms with Gasteiger partial charge < -0.3 is 5.11 Å². The fourth-order valence-electron chi connectivity index (χ4n) is 0.515. The van der Waals surface area contributed by atoms with Gasteiger partial charge in [-0.05, 0) is 18.9 Å². The molecule has 0 aliphatic carbocycles. The number of allylic oxidation sites excluding steroid dienone is 3. The monoisotopic (exact) mass is 170 g/mol. The van der Waals surface area contributed by atoms with Crippen LogP contribution in [0.2, 0.25) is 0 Å². The lowest BCUT2D eigenvalue weighted by Gasteiger charge is -1.93. The van der Waals surface area contributed by atoms with Crippen molar-refractivity contribution in [2.75, 3.05) is 6.61 Å². The predicted octanol–water partition coefficient (Wildman–Crippen LogP) is 3.31. The Bertz CT molecular complexity index is 117. The molecule has 0 aromatic heterocycles. The number of aliphatic hydroxyl groups is 1. The van der Waals surface area contributed by atoms with Crippen molar-refractivity contribution in [2.45, 2.75) is 40.5 Å². The fourth-order valence-corrected chi connectivity index (χ4v) is 0.515. The molecular weight excluding hydrogens is 148 g/mol. The van der Waals surface area contributed by atoms with Gasteiger partial charge in [0.15, 0.2) is 0 Å². The average molecular weight is 170 g/mol. The van der Waals surface area contributed by atoms with Crippen molar-refractivity contribution in [2.24, 2.45) is 0 Å². The largest absolute Gasteiger partial charge is 0.392 e. The minimum Gasteiger partial charge on any atom is -0.392 e. The van der Waals surface area contributed by atoms with Crippen LogP contribution in [0.1, 0.15) is 40.5 Å². The van der Waals surface area contributed by atoms with Crippen molar-refractivity contribution in [3.05, 3.63) is 23.8 Å². The highest BCUT2D eigenvalue weighted by molar-refractivity contribution is 5.11. The van der Waals surface area contributed by atoms with E-state index in [-0.39, 0.29) is 6.61 Å². The minimum atomic E-state index is 0.181. The molecule has 0 saturated heterocycles. The van der Waals surface area contributed by atoms with E-state index in [1.54, 1.807) is 0 Å². The molecule has 12 heavy (non-hydrogen) atoms. The molecule has 0 heterocycles. The molecule has 0 unspecified atom stereocenters. The van der Waals surface area contributed by atoms with Gasteiger partial charge in [0.2, 0.25) is 0 Å². The zero-order chi connectivity index (χ0) is 9.82. The number of hydrogen-bond donors (Lipinski definition) is 1. The summed E-state index contributed by atoms with van der Waals surface area (Å²) in [5.74, 6) is 0. The molecule has 0 aliphatic heterocycles. The van der Waals surface area contributed by atoms with Crippen LogP contribution in [0.3, 0.4) is 0 Å². The maximum atomic E-state index is 8.65. The highest BCUT2D eigenvalue weighted by Gasteiger charge is 1.85. The van der Waals surface area contributed by atoms with Gasteiger partial charge in [-0.3, -0.25) is 0 Å². The van der Waals surface area contributed by atoms with Crippen molar-refractivity contribution < 1.29 is 5.11 Å². The Morgan fingerprint density at radius 1 is 1.25 bits per heavy atom. The number of aliphatic hydroxyl groups excluding tert-OH is 1. The Hall–Kier alpha value is -0.560. The first kappa shape index (κ1) is 14.0. The van der Waals surface area contributed by atoms with Gasteiger partial charge in [0, 0.05) is 0 Å². The third-order valence-electron chi connectivity index (χ3n) is 1.18. The van der Waals surface area contributed by atoms with Crippen molar-refractivity contribution in [3.8, 4) is 0 Å². The second-order valence-electron chi connectivity index (χ2n) is 2.57. The first-order valence-electron chi connectivity index (χ1n) is 4.68. The first-order valence-corrected chi connectivity index (χ1v) is 4.68. The second kappa shape index (κ2) is 13.1. The molecule has 0 rings (SSSR count). The summed E-state index contributed by atoms with van der Waals surface area (Å²) in [6.45, 7) is 8.42.